The molecule has 0 spiro atoms. The lowest BCUT2D eigenvalue weighted by Gasteiger charge is -2.45. The minimum atomic E-state index is -2.55. The normalized spacial score (nSPS) is 29.5. The molecule has 3 atom stereocenters. The molecule has 33 heavy (non-hydrogen) atoms. The molecule has 0 unspecified atom stereocenters. The second-order valence-corrected chi connectivity index (χ2v) is 8.98. The van der Waals surface area contributed by atoms with Gasteiger partial charge in [0.2, 0.25) is 5.78 Å². The summed E-state index contributed by atoms with van der Waals surface area (Å²) in [5.41, 5.74) is 2.81. The molecule has 1 fully saturated rings. The summed E-state index contributed by atoms with van der Waals surface area (Å²) < 4.78 is 5.34. The number of nitrogens with zero attached hydrogens (tertiary/aromatic N) is 1. The number of benzene rings is 1. The molecule has 174 valence electrons. The number of fused-ring (bicyclic) bond motifs is 3. The molecular weight excluding hydrogens is 432 g/mol. The Kier molecular flexibility index (Phi) is 4.77. The van der Waals surface area contributed by atoms with Gasteiger partial charge in [0, 0.05) is 31.0 Å². The third kappa shape index (κ3) is 2.90. The number of allylic oxidation sites excluding steroid dienone is 2. The van der Waals surface area contributed by atoms with Gasteiger partial charge in [-0.2, -0.15) is 0 Å². The SMILES string of the molecule is NC(=O)C1=C(O)C[C@@H]2C[C@@H]3Cc4ccc(N5CCOCC5)c(O)c4C(=O)C3=C(O)[C@]2(O)C1=O. The van der Waals surface area contributed by atoms with Crippen LogP contribution in [0.3, 0.4) is 0 Å². The number of hydrogen-bond donors (Lipinski definition) is 5. The molecule has 1 aromatic rings. The Hall–Kier alpha value is -3.37. The molecule has 0 saturated carbocycles. The predicted molar refractivity (Wildman–Crippen MR) is 114 cm³/mol. The summed E-state index contributed by atoms with van der Waals surface area (Å²) in [6.07, 6.45) is 0.177. The van der Waals surface area contributed by atoms with Gasteiger partial charge in [0.1, 0.15) is 22.8 Å². The molecule has 1 heterocycles. The van der Waals surface area contributed by atoms with Gasteiger partial charge < -0.3 is 35.8 Å². The van der Waals surface area contributed by atoms with E-state index in [-0.39, 0.29) is 29.7 Å². The number of rotatable bonds is 2. The van der Waals surface area contributed by atoms with Gasteiger partial charge in [0.15, 0.2) is 11.4 Å². The smallest absolute Gasteiger partial charge is 0.255 e. The first-order valence-electron chi connectivity index (χ1n) is 10.8. The van der Waals surface area contributed by atoms with Gasteiger partial charge in [-0.25, -0.2) is 0 Å². The highest BCUT2D eigenvalue weighted by Gasteiger charge is 2.59. The van der Waals surface area contributed by atoms with Crippen molar-refractivity contribution in [2.45, 2.75) is 24.9 Å². The molecule has 10 heteroatoms. The zero-order valence-corrected chi connectivity index (χ0v) is 17.7. The van der Waals surface area contributed by atoms with Crippen molar-refractivity contribution in [2.75, 3.05) is 31.2 Å². The number of anilines is 1. The van der Waals surface area contributed by atoms with E-state index in [4.69, 9.17) is 10.5 Å². The highest BCUT2D eigenvalue weighted by atomic mass is 16.5. The molecule has 3 aliphatic carbocycles. The van der Waals surface area contributed by atoms with E-state index in [2.05, 4.69) is 0 Å². The number of phenols is 1. The van der Waals surface area contributed by atoms with E-state index in [0.29, 0.717) is 44.0 Å². The van der Waals surface area contributed by atoms with Crippen molar-refractivity contribution in [3.8, 4) is 5.75 Å². The fraction of sp³-hybridized carbons (Fsp3) is 0.435. The lowest BCUT2D eigenvalue weighted by atomic mass is 9.60. The molecule has 6 N–H and O–H groups in total. The van der Waals surface area contributed by atoms with Crippen LogP contribution in [0.2, 0.25) is 0 Å². The molecular formula is C23H24N2O8. The maximum Gasteiger partial charge on any atom is 0.255 e. The van der Waals surface area contributed by atoms with Crippen molar-refractivity contribution in [3.63, 3.8) is 0 Å². The summed E-state index contributed by atoms with van der Waals surface area (Å²) in [4.78, 5) is 40.1. The fourth-order valence-electron chi connectivity index (χ4n) is 5.64. The number of primary amides is 1. The van der Waals surface area contributed by atoms with Crippen molar-refractivity contribution < 1.29 is 39.5 Å². The lowest BCUT2D eigenvalue weighted by molar-refractivity contribution is -0.144. The molecule has 0 bridgehead atoms. The van der Waals surface area contributed by atoms with Crippen LogP contribution in [0.15, 0.2) is 34.8 Å². The number of morpholine rings is 1. The Morgan fingerprint density at radius 2 is 1.82 bits per heavy atom. The quantitative estimate of drug-likeness (QED) is 0.396. The largest absolute Gasteiger partial charge is 0.511 e. The minimum Gasteiger partial charge on any atom is -0.511 e. The van der Waals surface area contributed by atoms with Crippen LogP contribution in [0.1, 0.15) is 28.8 Å². The van der Waals surface area contributed by atoms with E-state index in [1.165, 1.54) is 0 Å². The Morgan fingerprint density at radius 1 is 1.12 bits per heavy atom. The Bertz CT molecular complexity index is 1160. The van der Waals surface area contributed by atoms with Crippen LogP contribution >= 0.6 is 0 Å². The van der Waals surface area contributed by atoms with E-state index in [0.717, 1.165) is 0 Å². The summed E-state index contributed by atoms with van der Waals surface area (Å²) in [6.45, 7) is 2.05. The number of aliphatic hydroxyl groups is 3. The average Bonchev–Trinajstić information content (AvgIpc) is 2.76. The van der Waals surface area contributed by atoms with Crippen LogP contribution in [0.5, 0.6) is 5.75 Å². The molecule has 0 radical (unpaired) electrons. The molecule has 10 nitrogen and oxygen atoms in total. The Balaban J connectivity index is 1.62. The van der Waals surface area contributed by atoms with Gasteiger partial charge in [-0.3, -0.25) is 14.4 Å². The highest BCUT2D eigenvalue weighted by molar-refractivity contribution is 6.24. The number of Topliss-reactive ketones (excluding diaryl/α,β-unsaturated/α-hetero) is 2. The maximum atomic E-state index is 13.5. The number of phenolic OH excluding ortho intramolecular Hbond substituents is 1. The van der Waals surface area contributed by atoms with Gasteiger partial charge in [-0.05, 0) is 30.4 Å². The number of aromatic hydroxyl groups is 1. The second-order valence-electron chi connectivity index (χ2n) is 8.98. The van der Waals surface area contributed by atoms with Gasteiger partial charge in [0.25, 0.3) is 5.91 Å². The Labute approximate surface area is 188 Å². The summed E-state index contributed by atoms with van der Waals surface area (Å²) in [5.74, 6) is -6.19. The van der Waals surface area contributed by atoms with E-state index in [1.807, 2.05) is 4.90 Å². The molecule has 1 saturated heterocycles. The summed E-state index contributed by atoms with van der Waals surface area (Å²) in [5, 5.41) is 43.5. The Morgan fingerprint density at radius 3 is 2.48 bits per heavy atom. The van der Waals surface area contributed by atoms with Crippen molar-refractivity contribution >= 4 is 23.2 Å². The van der Waals surface area contributed by atoms with Gasteiger partial charge >= 0.3 is 0 Å². The fourth-order valence-corrected chi connectivity index (χ4v) is 5.64. The molecule has 1 aliphatic heterocycles. The number of ketones is 2. The second kappa shape index (κ2) is 7.32. The van der Waals surface area contributed by atoms with E-state index in [9.17, 15) is 34.8 Å². The standard InChI is InChI=1S/C23H24N2O8/c24-22(31)17-14(26)9-12-8-11-7-10-1-2-13(25-3-5-33-6-4-25)18(27)15(10)19(28)16(11)20(29)23(12,32)21(17)30/h1-2,11-12,26-27,29,32H,3-9H2,(H2,24,31)/t11-,12-,23-/m0/s1. The first-order chi connectivity index (χ1) is 15.7. The number of nitrogens with two attached hydrogens (primary N) is 1. The average molecular weight is 456 g/mol. The number of carbonyl (C=O) groups excluding carboxylic acids is 3. The molecule has 4 aliphatic rings. The van der Waals surface area contributed by atoms with Crippen molar-refractivity contribution in [1.29, 1.82) is 0 Å². The first-order valence-corrected chi connectivity index (χ1v) is 10.8. The third-order valence-electron chi connectivity index (χ3n) is 7.26. The molecule has 1 aromatic carbocycles. The molecule has 5 rings (SSSR count). The number of amides is 1. The molecule has 0 aromatic heterocycles. The first kappa shape index (κ1) is 21.5. The van der Waals surface area contributed by atoms with Crippen molar-refractivity contribution in [3.05, 3.63) is 45.9 Å². The summed E-state index contributed by atoms with van der Waals surface area (Å²) >= 11 is 0. The monoisotopic (exact) mass is 456 g/mol. The van der Waals surface area contributed by atoms with Crippen molar-refractivity contribution in [2.24, 2.45) is 17.6 Å². The number of aliphatic hydroxyl groups excluding tert-OH is 2. The lowest BCUT2D eigenvalue weighted by Crippen LogP contribution is -2.57. The summed E-state index contributed by atoms with van der Waals surface area (Å²) in [6, 6.07) is 3.51. The summed E-state index contributed by atoms with van der Waals surface area (Å²) in [7, 11) is 0. The topological polar surface area (TPSA) is 171 Å². The highest BCUT2D eigenvalue weighted by Crippen LogP contribution is 2.52. The number of carbonyl (C=O) groups is 3. The van der Waals surface area contributed by atoms with E-state index in [1.54, 1.807) is 12.1 Å². The van der Waals surface area contributed by atoms with E-state index >= 15 is 0 Å². The zero-order chi connectivity index (χ0) is 23.7. The number of hydrogen-bond acceptors (Lipinski definition) is 9. The third-order valence-corrected chi connectivity index (χ3v) is 7.26. The van der Waals surface area contributed by atoms with Crippen LogP contribution in [0, 0.1) is 11.8 Å². The minimum absolute atomic E-state index is 0.0237. The van der Waals surface area contributed by atoms with Gasteiger partial charge in [-0.1, -0.05) is 6.07 Å². The van der Waals surface area contributed by atoms with Crippen molar-refractivity contribution in [1.82, 2.24) is 0 Å². The number of ether oxygens (including phenoxy) is 1. The van der Waals surface area contributed by atoms with Crippen LogP contribution < -0.4 is 10.6 Å². The van der Waals surface area contributed by atoms with E-state index < -0.39 is 52.0 Å². The van der Waals surface area contributed by atoms with Crippen LogP contribution in [-0.2, 0) is 20.7 Å². The van der Waals surface area contributed by atoms with Gasteiger partial charge in [0.05, 0.1) is 24.5 Å². The predicted octanol–water partition coefficient (Wildman–Crippen LogP) is 0.417. The molecule has 1 amide bonds. The van der Waals surface area contributed by atoms with Crippen LogP contribution in [0.4, 0.5) is 5.69 Å². The zero-order valence-electron chi connectivity index (χ0n) is 17.7. The maximum absolute atomic E-state index is 13.5. The van der Waals surface area contributed by atoms with Gasteiger partial charge in [-0.15, -0.1) is 0 Å². The van der Waals surface area contributed by atoms with Crippen LogP contribution in [-0.4, -0.2) is 69.8 Å². The van der Waals surface area contributed by atoms with Crippen LogP contribution in [0.25, 0.3) is 0 Å².